The summed E-state index contributed by atoms with van der Waals surface area (Å²) in [6.45, 7) is 0. The molecule has 0 aliphatic heterocycles. The fourth-order valence-electron chi connectivity index (χ4n) is 2.09. The molecule has 0 spiro atoms. The van der Waals surface area contributed by atoms with Gasteiger partial charge in [0.2, 0.25) is 5.45 Å². The number of rotatable bonds is 6. The topological polar surface area (TPSA) is 90.3 Å². The molecule has 110 valence electrons. The smallest absolute Gasteiger partial charge is 0.291 e. The Hall–Kier alpha value is -1.58. The lowest BCUT2D eigenvalue weighted by Crippen LogP contribution is -2.30. The number of nitrogens with one attached hydrogen (secondary N) is 1. The molecule has 0 saturated heterocycles. The molecular formula is C16H20N2O2P+. The van der Waals surface area contributed by atoms with Crippen LogP contribution in [0.25, 0.3) is 0 Å². The van der Waals surface area contributed by atoms with Gasteiger partial charge in [-0.3, -0.25) is 11.1 Å². The van der Waals surface area contributed by atoms with Gasteiger partial charge in [0.15, 0.2) is 5.78 Å². The van der Waals surface area contributed by atoms with Crippen LogP contribution in [0.1, 0.15) is 11.1 Å². The largest absolute Gasteiger partial charge is 0.332 e. The first kappa shape index (κ1) is 15.8. The molecule has 0 aromatic heterocycles. The molecule has 1 atom stereocenters. The van der Waals surface area contributed by atoms with E-state index >= 15 is 0 Å². The van der Waals surface area contributed by atoms with Crippen LogP contribution in [0, 0.1) is 5.41 Å². The van der Waals surface area contributed by atoms with Crippen molar-refractivity contribution in [3.05, 3.63) is 71.8 Å². The lowest BCUT2D eigenvalue weighted by atomic mass is 10.1. The lowest BCUT2D eigenvalue weighted by molar-refractivity contribution is 0.448. The first-order chi connectivity index (χ1) is 10.00. The second-order valence-corrected chi connectivity index (χ2v) is 7.52. The summed E-state index contributed by atoms with van der Waals surface area (Å²) in [5.74, 6) is -0.837. The number of hydrogen-bond donors (Lipinski definition) is 4. The maximum atomic E-state index is 10.3. The highest BCUT2D eigenvalue weighted by Crippen LogP contribution is 2.55. The molecule has 0 amide bonds. The third-order valence-electron chi connectivity index (χ3n) is 3.36. The second-order valence-electron chi connectivity index (χ2n) is 5.02. The van der Waals surface area contributed by atoms with E-state index in [1.807, 2.05) is 60.7 Å². The Morgan fingerprint density at radius 1 is 0.952 bits per heavy atom. The van der Waals surface area contributed by atoms with Crippen LogP contribution in [0.4, 0.5) is 0 Å². The van der Waals surface area contributed by atoms with Gasteiger partial charge in [0.25, 0.3) is 0 Å². The molecule has 5 heteroatoms. The molecule has 2 aromatic carbocycles. The van der Waals surface area contributed by atoms with Crippen molar-refractivity contribution >= 4 is 13.2 Å². The molecule has 0 fully saturated rings. The van der Waals surface area contributed by atoms with Gasteiger partial charge in [-0.15, -0.1) is 0 Å². The molecule has 0 bridgehead atoms. The van der Waals surface area contributed by atoms with Crippen molar-refractivity contribution < 1.29 is 9.79 Å². The van der Waals surface area contributed by atoms with Crippen LogP contribution in [-0.2, 0) is 12.8 Å². The Labute approximate surface area is 125 Å². The van der Waals surface area contributed by atoms with Crippen molar-refractivity contribution in [1.82, 2.24) is 0 Å². The van der Waals surface area contributed by atoms with E-state index in [1.54, 1.807) is 0 Å². The van der Waals surface area contributed by atoms with Gasteiger partial charge in [0.1, 0.15) is 0 Å². The highest BCUT2D eigenvalue weighted by Gasteiger charge is 2.46. The van der Waals surface area contributed by atoms with Crippen LogP contribution >= 0.6 is 7.72 Å². The van der Waals surface area contributed by atoms with Crippen LogP contribution in [0.5, 0.6) is 0 Å². The van der Waals surface area contributed by atoms with Crippen molar-refractivity contribution in [2.24, 2.45) is 5.73 Å². The first-order valence-electron chi connectivity index (χ1n) is 6.76. The Morgan fingerprint density at radius 2 is 1.43 bits per heavy atom. The molecule has 2 aromatic rings. The fourth-order valence-corrected chi connectivity index (χ4v) is 3.37. The Bertz CT molecular complexity index is 588. The normalized spacial score (nSPS) is 12.9. The summed E-state index contributed by atoms with van der Waals surface area (Å²) >= 11 is 0. The maximum absolute atomic E-state index is 10.3. The van der Waals surface area contributed by atoms with E-state index in [0.29, 0.717) is 6.42 Å². The zero-order valence-electron chi connectivity index (χ0n) is 11.7. The summed E-state index contributed by atoms with van der Waals surface area (Å²) < 4.78 is 0. The minimum absolute atomic E-state index is 0.0860. The minimum Gasteiger partial charge on any atom is -0.291 e. The van der Waals surface area contributed by atoms with Crippen LogP contribution in [0.2, 0.25) is 0 Å². The summed E-state index contributed by atoms with van der Waals surface area (Å²) in [5, 5.41) is 7.99. The van der Waals surface area contributed by atoms with Gasteiger partial charge in [-0.1, -0.05) is 60.7 Å². The standard InChI is InChI=1S/C16H20N2O2P/c17-15(11-13-7-3-1-4-8-13)21(19,20)16(18)12-14-9-5-2-6-10-14/h1-10,15,18-20H,11-12,17H2/q+1. The lowest BCUT2D eigenvalue weighted by Gasteiger charge is -2.19. The van der Waals surface area contributed by atoms with Crippen LogP contribution < -0.4 is 5.73 Å². The average molecular weight is 303 g/mol. The molecule has 5 N–H and O–H groups in total. The van der Waals surface area contributed by atoms with Gasteiger partial charge in [-0.25, -0.2) is 9.79 Å². The Morgan fingerprint density at radius 3 is 1.95 bits per heavy atom. The van der Waals surface area contributed by atoms with Gasteiger partial charge < -0.3 is 0 Å². The quantitative estimate of drug-likeness (QED) is 0.488. The summed E-state index contributed by atoms with van der Waals surface area (Å²) in [6, 6.07) is 18.8. The summed E-state index contributed by atoms with van der Waals surface area (Å²) in [6.07, 6.45) is 0.558. The maximum Gasteiger partial charge on any atom is 0.332 e. The van der Waals surface area contributed by atoms with E-state index in [9.17, 15) is 9.79 Å². The van der Waals surface area contributed by atoms with E-state index in [0.717, 1.165) is 11.1 Å². The molecule has 0 aliphatic rings. The van der Waals surface area contributed by atoms with E-state index in [1.165, 1.54) is 0 Å². The highest BCUT2D eigenvalue weighted by molar-refractivity contribution is 7.82. The Balaban J connectivity index is 2.04. The minimum atomic E-state index is -3.59. The Kier molecular flexibility index (Phi) is 5.21. The number of nitrogens with two attached hydrogens (primary N) is 1. The van der Waals surface area contributed by atoms with Crippen molar-refractivity contribution in [3.8, 4) is 0 Å². The fraction of sp³-hybridized carbons (Fsp3) is 0.188. The average Bonchev–Trinajstić information content (AvgIpc) is 2.49. The third-order valence-corrected chi connectivity index (χ3v) is 5.42. The number of hydrogen-bond acceptors (Lipinski definition) is 4. The molecule has 0 radical (unpaired) electrons. The molecule has 1 unspecified atom stereocenters. The van der Waals surface area contributed by atoms with Crippen LogP contribution in [0.3, 0.4) is 0 Å². The SMILES string of the molecule is N=C(Cc1ccccc1)[P+](O)(O)C(N)Cc1ccccc1. The van der Waals surface area contributed by atoms with Gasteiger partial charge in [-0.05, 0) is 11.1 Å². The number of benzene rings is 2. The van der Waals surface area contributed by atoms with Gasteiger partial charge >= 0.3 is 7.72 Å². The third kappa shape index (κ3) is 4.19. The summed E-state index contributed by atoms with van der Waals surface area (Å²) in [7, 11) is -3.59. The summed E-state index contributed by atoms with van der Waals surface area (Å²) in [5.41, 5.74) is 7.67. The zero-order chi connectivity index (χ0) is 15.3. The van der Waals surface area contributed by atoms with Crippen molar-refractivity contribution in [2.45, 2.75) is 18.6 Å². The molecule has 21 heavy (non-hydrogen) atoms. The summed E-state index contributed by atoms with van der Waals surface area (Å²) in [4.78, 5) is 20.6. The van der Waals surface area contributed by atoms with Crippen LogP contribution in [0.15, 0.2) is 60.7 Å². The van der Waals surface area contributed by atoms with E-state index in [4.69, 9.17) is 11.1 Å². The van der Waals surface area contributed by atoms with Crippen molar-refractivity contribution in [1.29, 1.82) is 5.41 Å². The molecule has 2 rings (SSSR count). The van der Waals surface area contributed by atoms with Gasteiger partial charge in [0, 0.05) is 6.42 Å². The zero-order valence-corrected chi connectivity index (χ0v) is 12.6. The predicted octanol–water partition coefficient (Wildman–Crippen LogP) is 2.57. The highest BCUT2D eigenvalue weighted by atomic mass is 31.2. The molecule has 0 saturated carbocycles. The van der Waals surface area contributed by atoms with E-state index < -0.39 is 13.5 Å². The van der Waals surface area contributed by atoms with Gasteiger partial charge in [-0.2, -0.15) is 0 Å². The first-order valence-corrected chi connectivity index (χ1v) is 8.52. The molecular weight excluding hydrogens is 283 g/mol. The van der Waals surface area contributed by atoms with Crippen LogP contribution in [-0.4, -0.2) is 21.0 Å². The van der Waals surface area contributed by atoms with Gasteiger partial charge in [0.05, 0.1) is 6.42 Å². The van der Waals surface area contributed by atoms with E-state index in [2.05, 4.69) is 0 Å². The molecule has 0 aliphatic carbocycles. The molecule has 4 nitrogen and oxygen atoms in total. The molecule has 0 heterocycles. The van der Waals surface area contributed by atoms with Crippen molar-refractivity contribution in [2.75, 3.05) is 0 Å². The monoisotopic (exact) mass is 303 g/mol. The second kappa shape index (κ2) is 6.92. The van der Waals surface area contributed by atoms with E-state index in [-0.39, 0.29) is 11.9 Å². The van der Waals surface area contributed by atoms with Crippen molar-refractivity contribution in [3.63, 3.8) is 0 Å². The predicted molar refractivity (Wildman–Crippen MR) is 87.4 cm³/mol.